The molecule has 2 N–H and O–H groups in total. The summed E-state index contributed by atoms with van der Waals surface area (Å²) in [4.78, 5) is 33.9. The van der Waals surface area contributed by atoms with E-state index in [0.29, 0.717) is 0 Å². The van der Waals surface area contributed by atoms with E-state index in [-0.39, 0.29) is 11.3 Å². The summed E-state index contributed by atoms with van der Waals surface area (Å²) < 4.78 is 9.59. The fourth-order valence-electron chi connectivity index (χ4n) is 1.84. The number of carbonyl (C=O) groups excluding carboxylic acids is 2. The number of nitrogens with zero attached hydrogens (tertiary/aromatic N) is 1. The number of nitro groups is 1. The van der Waals surface area contributed by atoms with Gasteiger partial charge in [0.2, 0.25) is 0 Å². The molecular weight excluding hydrogens is 320 g/mol. The fraction of sp³-hybridized carbons (Fsp3) is 0.467. The van der Waals surface area contributed by atoms with Crippen LogP contribution >= 0.6 is 0 Å². The molecule has 0 saturated heterocycles. The van der Waals surface area contributed by atoms with E-state index >= 15 is 0 Å². The van der Waals surface area contributed by atoms with Crippen molar-refractivity contribution in [3.8, 4) is 0 Å². The number of carbonyl (C=O) groups is 2. The first-order valence-corrected chi connectivity index (χ1v) is 7.05. The van der Waals surface area contributed by atoms with Gasteiger partial charge in [0.05, 0.1) is 12.0 Å². The Morgan fingerprint density at radius 3 is 2.46 bits per heavy atom. The molecule has 0 aromatic heterocycles. The summed E-state index contributed by atoms with van der Waals surface area (Å²) in [7, 11) is 1.09. The van der Waals surface area contributed by atoms with E-state index in [9.17, 15) is 24.8 Å². The van der Waals surface area contributed by atoms with Gasteiger partial charge in [-0.05, 0) is 26.3 Å². The molecule has 1 aromatic rings. The summed E-state index contributed by atoms with van der Waals surface area (Å²) in [5, 5.41) is 23.4. The molecule has 132 valence electrons. The van der Waals surface area contributed by atoms with Crippen molar-refractivity contribution in [2.24, 2.45) is 0 Å². The highest BCUT2D eigenvalue weighted by Crippen LogP contribution is 2.22. The number of nitro benzene ring substituents is 1. The Kier molecular flexibility index (Phi) is 6.24. The van der Waals surface area contributed by atoms with E-state index in [1.165, 1.54) is 18.2 Å². The van der Waals surface area contributed by atoms with Crippen molar-refractivity contribution < 1.29 is 29.1 Å². The number of alkyl carbamates (subject to hydrolysis) is 1. The second kappa shape index (κ2) is 7.73. The minimum atomic E-state index is -1.55. The average Bonchev–Trinajstić information content (AvgIpc) is 2.49. The lowest BCUT2D eigenvalue weighted by Gasteiger charge is -2.25. The summed E-state index contributed by atoms with van der Waals surface area (Å²) in [5.41, 5.74) is -0.982. The van der Waals surface area contributed by atoms with Crippen LogP contribution in [0.1, 0.15) is 32.4 Å². The van der Waals surface area contributed by atoms with E-state index in [1.807, 2.05) is 0 Å². The third-order valence-corrected chi connectivity index (χ3v) is 2.87. The Morgan fingerprint density at radius 1 is 1.33 bits per heavy atom. The lowest BCUT2D eigenvalue weighted by Crippen LogP contribution is -2.47. The molecule has 9 nitrogen and oxygen atoms in total. The number of esters is 1. The maximum Gasteiger partial charge on any atom is 0.408 e. The van der Waals surface area contributed by atoms with Crippen LogP contribution in [0.15, 0.2) is 24.3 Å². The molecule has 1 aromatic carbocycles. The highest BCUT2D eigenvalue weighted by atomic mass is 16.6. The Morgan fingerprint density at radius 2 is 1.96 bits per heavy atom. The SMILES string of the molecule is COC(=O)[C@H](NC(=O)OC(C)(C)C)[C@H](O)c1cccc([N+](=O)[O-])c1. The van der Waals surface area contributed by atoms with Crippen LogP contribution in [-0.4, -0.2) is 40.8 Å². The quantitative estimate of drug-likeness (QED) is 0.474. The minimum Gasteiger partial charge on any atom is -0.467 e. The number of benzene rings is 1. The summed E-state index contributed by atoms with van der Waals surface area (Å²) in [5.74, 6) is -0.917. The molecule has 0 aliphatic heterocycles. The van der Waals surface area contributed by atoms with Crippen LogP contribution < -0.4 is 5.32 Å². The highest BCUT2D eigenvalue weighted by molar-refractivity contribution is 5.82. The first kappa shape index (κ1) is 19.4. The zero-order valence-electron chi connectivity index (χ0n) is 13.8. The highest BCUT2D eigenvalue weighted by Gasteiger charge is 2.33. The van der Waals surface area contributed by atoms with E-state index in [1.54, 1.807) is 20.8 Å². The molecule has 0 radical (unpaired) electrons. The van der Waals surface area contributed by atoms with Crippen molar-refractivity contribution in [2.75, 3.05) is 7.11 Å². The summed E-state index contributed by atoms with van der Waals surface area (Å²) in [6.07, 6.45) is -2.48. The minimum absolute atomic E-state index is 0.0793. The number of aliphatic hydroxyl groups is 1. The molecule has 0 fully saturated rings. The zero-order valence-corrected chi connectivity index (χ0v) is 13.8. The Labute approximate surface area is 138 Å². The van der Waals surface area contributed by atoms with Crippen LogP contribution in [0.5, 0.6) is 0 Å². The van der Waals surface area contributed by atoms with Gasteiger partial charge in [-0.2, -0.15) is 0 Å². The third-order valence-electron chi connectivity index (χ3n) is 2.87. The Balaban J connectivity index is 3.03. The number of hydrogen-bond donors (Lipinski definition) is 2. The van der Waals surface area contributed by atoms with Crippen LogP contribution in [0.4, 0.5) is 10.5 Å². The first-order chi connectivity index (χ1) is 11.0. The Bertz CT molecular complexity index is 624. The maximum atomic E-state index is 11.9. The lowest BCUT2D eigenvalue weighted by atomic mass is 10.0. The van der Waals surface area contributed by atoms with Gasteiger partial charge in [-0.1, -0.05) is 12.1 Å². The molecule has 0 unspecified atom stereocenters. The summed E-state index contributed by atoms with van der Waals surface area (Å²) >= 11 is 0. The van der Waals surface area contributed by atoms with E-state index in [4.69, 9.17) is 4.74 Å². The molecule has 0 aliphatic carbocycles. The molecule has 0 bridgehead atoms. The predicted molar refractivity (Wildman–Crippen MR) is 83.2 cm³/mol. The van der Waals surface area contributed by atoms with E-state index < -0.39 is 34.7 Å². The van der Waals surface area contributed by atoms with Gasteiger partial charge >= 0.3 is 12.1 Å². The third kappa shape index (κ3) is 5.51. The van der Waals surface area contributed by atoms with Gasteiger partial charge in [-0.15, -0.1) is 0 Å². The number of hydrogen-bond acceptors (Lipinski definition) is 7. The average molecular weight is 340 g/mol. The number of methoxy groups -OCH3 is 1. The summed E-state index contributed by atoms with van der Waals surface area (Å²) in [6.45, 7) is 4.91. The molecule has 9 heteroatoms. The molecule has 2 atom stereocenters. The van der Waals surface area contributed by atoms with Gasteiger partial charge < -0.3 is 19.9 Å². The molecular formula is C15H20N2O7. The predicted octanol–water partition coefficient (Wildman–Crippen LogP) is 1.69. The maximum absolute atomic E-state index is 11.9. The van der Waals surface area contributed by atoms with Gasteiger partial charge in [0.25, 0.3) is 5.69 Å². The molecule has 0 heterocycles. The number of non-ortho nitro benzene ring substituents is 1. The Hall–Kier alpha value is -2.68. The lowest BCUT2D eigenvalue weighted by molar-refractivity contribution is -0.385. The second-order valence-corrected chi connectivity index (χ2v) is 5.94. The largest absolute Gasteiger partial charge is 0.467 e. The van der Waals surface area contributed by atoms with Gasteiger partial charge in [-0.25, -0.2) is 9.59 Å². The van der Waals surface area contributed by atoms with Gasteiger partial charge in [0.15, 0.2) is 6.04 Å². The number of nitrogens with one attached hydrogen (secondary N) is 1. The smallest absolute Gasteiger partial charge is 0.408 e. The first-order valence-electron chi connectivity index (χ1n) is 7.05. The van der Waals surface area contributed by atoms with Gasteiger partial charge in [0.1, 0.15) is 11.7 Å². The number of rotatable bonds is 5. The number of ether oxygens (including phenoxy) is 2. The number of aliphatic hydroxyl groups excluding tert-OH is 1. The van der Waals surface area contributed by atoms with Crippen LogP contribution in [0.25, 0.3) is 0 Å². The van der Waals surface area contributed by atoms with Crippen LogP contribution in [-0.2, 0) is 14.3 Å². The molecule has 1 amide bonds. The molecule has 24 heavy (non-hydrogen) atoms. The van der Waals surface area contributed by atoms with E-state index in [0.717, 1.165) is 13.2 Å². The normalized spacial score (nSPS) is 13.5. The van der Waals surface area contributed by atoms with Crippen molar-refractivity contribution in [3.05, 3.63) is 39.9 Å². The van der Waals surface area contributed by atoms with Crippen molar-refractivity contribution in [2.45, 2.75) is 38.5 Å². The van der Waals surface area contributed by atoms with Crippen molar-refractivity contribution in [1.82, 2.24) is 5.32 Å². The van der Waals surface area contributed by atoms with Crippen molar-refractivity contribution >= 4 is 17.7 Å². The fourth-order valence-corrected chi connectivity index (χ4v) is 1.84. The summed E-state index contributed by atoms with van der Waals surface area (Å²) in [6, 6.07) is 3.62. The molecule has 0 spiro atoms. The monoisotopic (exact) mass is 340 g/mol. The van der Waals surface area contributed by atoms with Gasteiger partial charge in [-0.3, -0.25) is 10.1 Å². The topological polar surface area (TPSA) is 128 Å². The second-order valence-electron chi connectivity index (χ2n) is 5.94. The standard InChI is InChI=1S/C15H20N2O7/c1-15(2,3)24-14(20)16-11(13(19)23-4)12(18)9-6-5-7-10(8-9)17(21)22/h5-8,11-12,18H,1-4H3,(H,16,20)/t11-,12-/m1/s1. The number of amides is 1. The molecule has 0 saturated carbocycles. The van der Waals surface area contributed by atoms with Gasteiger partial charge in [0, 0.05) is 12.1 Å². The van der Waals surface area contributed by atoms with Crippen LogP contribution in [0, 0.1) is 10.1 Å². The van der Waals surface area contributed by atoms with Crippen LogP contribution in [0.3, 0.4) is 0 Å². The van der Waals surface area contributed by atoms with Crippen LogP contribution in [0.2, 0.25) is 0 Å². The molecule has 1 rings (SSSR count). The van der Waals surface area contributed by atoms with Crippen molar-refractivity contribution in [3.63, 3.8) is 0 Å². The van der Waals surface area contributed by atoms with Crippen molar-refractivity contribution in [1.29, 1.82) is 0 Å². The molecule has 0 aliphatic rings. The van der Waals surface area contributed by atoms with E-state index in [2.05, 4.69) is 10.1 Å². The zero-order chi connectivity index (χ0) is 18.5.